The number of nitrogens with zero attached hydrogens (tertiary/aromatic N) is 1. The Kier molecular flexibility index (Phi) is 3.91. The lowest BCUT2D eigenvalue weighted by molar-refractivity contribution is 0.414. The summed E-state index contributed by atoms with van der Waals surface area (Å²) in [6.45, 7) is 0.567. The molecule has 0 unspecified atom stereocenters. The van der Waals surface area contributed by atoms with Crippen molar-refractivity contribution in [3.05, 3.63) is 53.5 Å². The van der Waals surface area contributed by atoms with E-state index in [-0.39, 0.29) is 0 Å². The van der Waals surface area contributed by atoms with E-state index < -0.39 is 0 Å². The van der Waals surface area contributed by atoms with Gasteiger partial charge in [-0.05, 0) is 29.8 Å². The fourth-order valence-electron chi connectivity index (χ4n) is 1.53. The minimum atomic E-state index is 0.526. The van der Waals surface area contributed by atoms with Crippen LogP contribution in [-0.4, -0.2) is 19.5 Å². The van der Waals surface area contributed by atoms with Crippen molar-refractivity contribution in [1.29, 1.82) is 5.41 Å². The molecule has 18 heavy (non-hydrogen) atoms. The third-order valence-electron chi connectivity index (χ3n) is 2.42. The molecule has 0 fully saturated rings. The number of hydrogen-bond acceptors (Lipinski definition) is 4. The molecule has 0 spiro atoms. The summed E-state index contributed by atoms with van der Waals surface area (Å²) < 4.78 is 10.4. The number of methoxy groups -OCH3 is 1. The standard InChI is InChI=1S/C14H14N2O2/c1-17-12-4-2-3-11(7-12)9-16-10-14-6-5-13(8-15)18-14/h2-8,10,15H,9H2,1H3. The monoisotopic (exact) mass is 242 g/mol. The van der Waals surface area contributed by atoms with Crippen LogP contribution in [-0.2, 0) is 6.54 Å². The first-order valence-electron chi connectivity index (χ1n) is 5.55. The van der Waals surface area contributed by atoms with Crippen LogP contribution in [0.25, 0.3) is 0 Å². The molecular weight excluding hydrogens is 228 g/mol. The number of hydrogen-bond donors (Lipinski definition) is 1. The van der Waals surface area contributed by atoms with Crippen LogP contribution >= 0.6 is 0 Å². The maximum Gasteiger partial charge on any atom is 0.145 e. The van der Waals surface area contributed by atoms with Crippen LogP contribution in [0.1, 0.15) is 17.1 Å². The summed E-state index contributed by atoms with van der Waals surface area (Å²) in [4.78, 5) is 4.29. The van der Waals surface area contributed by atoms with E-state index in [1.165, 1.54) is 6.21 Å². The zero-order valence-corrected chi connectivity index (χ0v) is 10.1. The van der Waals surface area contributed by atoms with Gasteiger partial charge < -0.3 is 14.6 Å². The van der Waals surface area contributed by atoms with E-state index in [1.54, 1.807) is 25.5 Å². The summed E-state index contributed by atoms with van der Waals surface area (Å²) in [5.41, 5.74) is 1.07. The largest absolute Gasteiger partial charge is 0.497 e. The van der Waals surface area contributed by atoms with Crippen LogP contribution in [0.15, 0.2) is 45.8 Å². The lowest BCUT2D eigenvalue weighted by Crippen LogP contribution is -1.86. The lowest BCUT2D eigenvalue weighted by Gasteiger charge is -2.01. The van der Waals surface area contributed by atoms with Crippen LogP contribution in [0.2, 0.25) is 0 Å². The molecule has 0 aliphatic heterocycles. The van der Waals surface area contributed by atoms with Crippen LogP contribution in [0.4, 0.5) is 0 Å². The maximum atomic E-state index is 7.04. The fraction of sp³-hybridized carbons (Fsp3) is 0.143. The highest BCUT2D eigenvalue weighted by Gasteiger charge is 1.96. The summed E-state index contributed by atoms with van der Waals surface area (Å²) in [7, 11) is 1.64. The first kappa shape index (κ1) is 12.1. The second kappa shape index (κ2) is 5.82. The van der Waals surface area contributed by atoms with E-state index >= 15 is 0 Å². The van der Waals surface area contributed by atoms with Crippen molar-refractivity contribution < 1.29 is 9.15 Å². The first-order valence-corrected chi connectivity index (χ1v) is 5.55. The Balaban J connectivity index is 1.99. The number of ether oxygens (including phenoxy) is 1. The van der Waals surface area contributed by atoms with E-state index in [4.69, 9.17) is 14.6 Å². The van der Waals surface area contributed by atoms with Gasteiger partial charge in [0, 0.05) is 0 Å². The molecule has 1 aromatic carbocycles. The number of aliphatic imine (C=N–C) groups is 1. The van der Waals surface area contributed by atoms with Crippen molar-refractivity contribution in [2.75, 3.05) is 7.11 Å². The molecule has 4 heteroatoms. The molecule has 0 radical (unpaired) electrons. The molecule has 0 aliphatic carbocycles. The highest BCUT2D eigenvalue weighted by atomic mass is 16.5. The second-order valence-electron chi connectivity index (χ2n) is 3.71. The van der Waals surface area contributed by atoms with Crippen molar-refractivity contribution in [2.24, 2.45) is 4.99 Å². The first-order chi connectivity index (χ1) is 8.81. The molecule has 92 valence electrons. The van der Waals surface area contributed by atoms with E-state index in [1.807, 2.05) is 24.3 Å². The maximum absolute atomic E-state index is 7.04. The predicted molar refractivity (Wildman–Crippen MR) is 70.9 cm³/mol. The number of nitrogens with one attached hydrogen (secondary N) is 1. The molecule has 1 heterocycles. The highest BCUT2D eigenvalue weighted by Crippen LogP contribution is 2.13. The Morgan fingerprint density at radius 2 is 2.11 bits per heavy atom. The van der Waals surface area contributed by atoms with Gasteiger partial charge in [0.25, 0.3) is 0 Å². The van der Waals surface area contributed by atoms with Gasteiger partial charge in [-0.15, -0.1) is 0 Å². The highest BCUT2D eigenvalue weighted by molar-refractivity contribution is 5.79. The van der Waals surface area contributed by atoms with Crippen molar-refractivity contribution in [2.45, 2.75) is 6.54 Å². The summed E-state index contributed by atoms with van der Waals surface area (Å²) in [5, 5.41) is 7.04. The zero-order valence-electron chi connectivity index (χ0n) is 10.1. The van der Waals surface area contributed by atoms with E-state index in [9.17, 15) is 0 Å². The minimum absolute atomic E-state index is 0.526. The van der Waals surface area contributed by atoms with Crippen molar-refractivity contribution >= 4 is 12.4 Å². The molecule has 0 saturated heterocycles. The molecule has 4 nitrogen and oxygen atoms in total. The summed E-state index contributed by atoms with van der Waals surface area (Å²) in [5.74, 6) is 2.00. The smallest absolute Gasteiger partial charge is 0.145 e. The minimum Gasteiger partial charge on any atom is -0.497 e. The van der Waals surface area contributed by atoms with Gasteiger partial charge in [-0.25, -0.2) is 0 Å². The Bertz CT molecular complexity index is 558. The van der Waals surface area contributed by atoms with E-state index in [0.717, 1.165) is 11.3 Å². The SMILES string of the molecule is COc1cccc(CN=Cc2ccc(C=N)o2)c1. The Morgan fingerprint density at radius 1 is 1.28 bits per heavy atom. The molecule has 0 saturated carbocycles. The quantitative estimate of drug-likeness (QED) is 0.819. The Hall–Kier alpha value is -2.36. The van der Waals surface area contributed by atoms with Gasteiger partial charge >= 0.3 is 0 Å². The van der Waals surface area contributed by atoms with E-state index in [2.05, 4.69) is 4.99 Å². The third kappa shape index (κ3) is 3.07. The Morgan fingerprint density at radius 3 is 2.83 bits per heavy atom. The number of furan rings is 1. The molecule has 0 atom stereocenters. The molecule has 2 rings (SSSR count). The third-order valence-corrected chi connectivity index (χ3v) is 2.42. The zero-order chi connectivity index (χ0) is 12.8. The molecule has 0 bridgehead atoms. The van der Waals surface area contributed by atoms with Crippen molar-refractivity contribution in [1.82, 2.24) is 0 Å². The van der Waals surface area contributed by atoms with Crippen LogP contribution in [0.3, 0.4) is 0 Å². The van der Waals surface area contributed by atoms with Crippen molar-refractivity contribution in [3.63, 3.8) is 0 Å². The topological polar surface area (TPSA) is 58.6 Å². The van der Waals surface area contributed by atoms with Crippen LogP contribution in [0.5, 0.6) is 5.75 Å². The molecular formula is C14H14N2O2. The fourth-order valence-corrected chi connectivity index (χ4v) is 1.53. The molecule has 1 N–H and O–H groups in total. The van der Waals surface area contributed by atoms with Gasteiger partial charge in [-0.2, -0.15) is 0 Å². The number of benzene rings is 1. The van der Waals surface area contributed by atoms with Gasteiger partial charge in [0.05, 0.1) is 26.1 Å². The lowest BCUT2D eigenvalue weighted by atomic mass is 10.2. The normalized spacial score (nSPS) is 10.7. The number of rotatable bonds is 5. The average molecular weight is 242 g/mol. The van der Waals surface area contributed by atoms with Crippen LogP contribution in [0, 0.1) is 5.41 Å². The average Bonchev–Trinajstić information content (AvgIpc) is 2.87. The summed E-state index contributed by atoms with van der Waals surface area (Å²) in [6.07, 6.45) is 2.83. The molecule has 1 aromatic heterocycles. The molecule has 2 aromatic rings. The second-order valence-corrected chi connectivity index (χ2v) is 3.71. The molecule has 0 aliphatic rings. The van der Waals surface area contributed by atoms with Gasteiger partial charge in [-0.1, -0.05) is 12.1 Å². The Labute approximate surface area is 105 Å². The summed E-state index contributed by atoms with van der Waals surface area (Å²) >= 11 is 0. The van der Waals surface area contributed by atoms with Gasteiger partial charge in [0.1, 0.15) is 17.3 Å². The van der Waals surface area contributed by atoms with E-state index in [0.29, 0.717) is 18.1 Å². The van der Waals surface area contributed by atoms with Crippen molar-refractivity contribution in [3.8, 4) is 5.75 Å². The van der Waals surface area contributed by atoms with Gasteiger partial charge in [-0.3, -0.25) is 4.99 Å². The predicted octanol–water partition coefficient (Wildman–Crippen LogP) is 2.90. The molecule has 0 amide bonds. The van der Waals surface area contributed by atoms with Gasteiger partial charge in [0.2, 0.25) is 0 Å². The van der Waals surface area contributed by atoms with Crippen LogP contribution < -0.4 is 4.74 Å². The van der Waals surface area contributed by atoms with Gasteiger partial charge in [0.15, 0.2) is 0 Å². The summed E-state index contributed by atoms with van der Waals surface area (Å²) in [6, 6.07) is 11.3.